The van der Waals surface area contributed by atoms with Gasteiger partial charge in [0.2, 0.25) is 23.7 Å². The lowest BCUT2D eigenvalue weighted by Crippen LogP contribution is -2.68. The van der Waals surface area contributed by atoms with E-state index < -0.39 is 54.4 Å². The molecule has 0 radical (unpaired) electrons. The van der Waals surface area contributed by atoms with Gasteiger partial charge in [-0.2, -0.15) is 0 Å². The minimum Gasteiger partial charge on any atom is -0.460 e. The van der Waals surface area contributed by atoms with Gasteiger partial charge in [-0.05, 0) is 29.5 Å². The first-order valence-electron chi connectivity index (χ1n) is 15.5. The van der Waals surface area contributed by atoms with Crippen molar-refractivity contribution >= 4 is 41.8 Å². The van der Waals surface area contributed by atoms with Gasteiger partial charge in [0.1, 0.15) is 32.4 Å². The van der Waals surface area contributed by atoms with Crippen molar-refractivity contribution in [3.63, 3.8) is 0 Å². The predicted octanol–water partition coefficient (Wildman–Crippen LogP) is 3.21. The van der Waals surface area contributed by atoms with E-state index in [-0.39, 0.29) is 45.2 Å². The summed E-state index contributed by atoms with van der Waals surface area (Å²) in [5.74, 6) is -3.57. The highest BCUT2D eigenvalue weighted by atomic mass is 16.6. The summed E-state index contributed by atoms with van der Waals surface area (Å²) in [4.78, 5) is 79.7. The van der Waals surface area contributed by atoms with E-state index in [1.54, 1.807) is 72.8 Å². The van der Waals surface area contributed by atoms with Crippen molar-refractivity contribution in [2.24, 2.45) is 10.9 Å². The number of β-lactam (4-membered cyclic amide) rings is 1. The third-order valence-electron chi connectivity index (χ3n) is 7.30. The minimum absolute atomic E-state index is 0.0248. The van der Waals surface area contributed by atoms with Crippen molar-refractivity contribution < 1.29 is 43.0 Å². The van der Waals surface area contributed by atoms with Crippen LogP contribution in [0.25, 0.3) is 0 Å². The van der Waals surface area contributed by atoms with E-state index >= 15 is 0 Å². The topological polar surface area (TPSA) is 182 Å². The third-order valence-corrected chi connectivity index (χ3v) is 7.30. The maximum absolute atomic E-state index is 13.0. The van der Waals surface area contributed by atoms with Gasteiger partial charge in [-0.3, -0.25) is 29.4 Å². The van der Waals surface area contributed by atoms with E-state index in [0.29, 0.717) is 0 Å². The van der Waals surface area contributed by atoms with Crippen molar-refractivity contribution in [2.45, 2.75) is 45.6 Å². The Bertz CT molecular complexity index is 1630. The Morgan fingerprint density at radius 2 is 1.27 bits per heavy atom. The SMILES string of the molecule is CC(=O)N1C(=O)[C@@H](CCCNC(=NC(=O)OCc2ccccc2)NC(=O)OCc2ccccc2)[C@@H]1C(=O)NCC(=O)OCc1ccccc1. The number of alkyl carbamates (subject to hydrolysis) is 1. The molecular formula is C35H37N5O9. The quantitative estimate of drug-likeness (QED) is 0.0610. The first kappa shape index (κ1) is 35.8. The standard InChI is InChI=1S/C35H37N5O9/c1-24(41)40-30(31(43)37-20-29(42)47-21-25-12-5-2-6-13-25)28(32(40)44)18-11-19-36-33(38-34(45)48-22-26-14-7-3-8-15-26)39-35(46)49-23-27-16-9-4-10-17-27/h2-10,12-17,28,30H,11,18-23H2,1H3,(H,37,43)(H2,36,38,39,45,46)/t28-,30+/m0/s1. The van der Waals surface area contributed by atoms with Gasteiger partial charge in [0.05, 0.1) is 5.92 Å². The number of carbonyl (C=O) groups is 6. The number of rotatable bonds is 13. The highest BCUT2D eigenvalue weighted by Crippen LogP contribution is 2.31. The number of carbonyl (C=O) groups excluding carboxylic acids is 6. The van der Waals surface area contributed by atoms with Crippen LogP contribution < -0.4 is 16.0 Å². The van der Waals surface area contributed by atoms with Gasteiger partial charge in [-0.15, -0.1) is 4.99 Å². The molecule has 14 heteroatoms. The molecule has 0 spiro atoms. The third kappa shape index (κ3) is 11.3. The molecule has 1 fully saturated rings. The molecule has 4 rings (SSSR count). The molecule has 1 saturated heterocycles. The Balaban J connectivity index is 1.29. The van der Waals surface area contributed by atoms with Gasteiger partial charge in [0, 0.05) is 13.5 Å². The summed E-state index contributed by atoms with van der Waals surface area (Å²) >= 11 is 0. The van der Waals surface area contributed by atoms with E-state index in [0.717, 1.165) is 21.6 Å². The lowest BCUT2D eigenvalue weighted by molar-refractivity contribution is -0.170. The summed E-state index contributed by atoms with van der Waals surface area (Å²) in [5, 5.41) is 7.66. The van der Waals surface area contributed by atoms with Gasteiger partial charge in [0.15, 0.2) is 0 Å². The number of hydrogen-bond donors (Lipinski definition) is 3. The Morgan fingerprint density at radius 1 is 0.735 bits per heavy atom. The van der Waals surface area contributed by atoms with Gasteiger partial charge in [-0.1, -0.05) is 91.0 Å². The molecule has 5 amide bonds. The maximum atomic E-state index is 13.0. The molecule has 3 N–H and O–H groups in total. The number of hydrogen-bond acceptors (Lipinski definition) is 9. The number of aliphatic imine (C=N–C) groups is 1. The second-order valence-corrected chi connectivity index (χ2v) is 10.9. The number of likely N-dealkylation sites (tertiary alicyclic amines) is 1. The molecule has 1 aliphatic rings. The van der Waals surface area contributed by atoms with Crippen LogP contribution in [0.2, 0.25) is 0 Å². The minimum atomic E-state index is -1.11. The van der Waals surface area contributed by atoms with Crippen LogP contribution in [0.3, 0.4) is 0 Å². The maximum Gasteiger partial charge on any atom is 0.437 e. The largest absolute Gasteiger partial charge is 0.460 e. The Hall–Kier alpha value is -6.05. The Morgan fingerprint density at radius 3 is 1.82 bits per heavy atom. The van der Waals surface area contributed by atoms with Crippen LogP contribution in [0.1, 0.15) is 36.5 Å². The monoisotopic (exact) mass is 671 g/mol. The average Bonchev–Trinajstić information content (AvgIpc) is 3.11. The normalized spacial score (nSPS) is 15.3. The van der Waals surface area contributed by atoms with Crippen molar-refractivity contribution in [3.05, 3.63) is 108 Å². The molecule has 256 valence electrons. The summed E-state index contributed by atoms with van der Waals surface area (Å²) in [7, 11) is 0. The van der Waals surface area contributed by atoms with Crippen LogP contribution in [0.15, 0.2) is 96.0 Å². The Labute approximate surface area is 282 Å². The van der Waals surface area contributed by atoms with Gasteiger partial charge < -0.3 is 24.8 Å². The lowest BCUT2D eigenvalue weighted by atomic mass is 9.83. The van der Waals surface area contributed by atoms with Crippen molar-refractivity contribution in [2.75, 3.05) is 13.1 Å². The molecule has 3 aromatic carbocycles. The molecule has 0 saturated carbocycles. The molecule has 49 heavy (non-hydrogen) atoms. The smallest absolute Gasteiger partial charge is 0.437 e. The van der Waals surface area contributed by atoms with Crippen LogP contribution in [-0.4, -0.2) is 65.9 Å². The molecule has 0 aliphatic carbocycles. The van der Waals surface area contributed by atoms with E-state index in [4.69, 9.17) is 14.2 Å². The lowest BCUT2D eigenvalue weighted by Gasteiger charge is -2.44. The molecule has 1 aliphatic heterocycles. The van der Waals surface area contributed by atoms with Crippen molar-refractivity contribution in [3.8, 4) is 0 Å². The fourth-order valence-corrected chi connectivity index (χ4v) is 4.87. The molecule has 0 bridgehead atoms. The van der Waals surface area contributed by atoms with Gasteiger partial charge in [0.25, 0.3) is 0 Å². The van der Waals surface area contributed by atoms with Crippen LogP contribution in [0, 0.1) is 5.92 Å². The number of benzene rings is 3. The first-order chi connectivity index (χ1) is 23.7. The summed E-state index contributed by atoms with van der Waals surface area (Å²) in [6.07, 6.45) is -1.42. The zero-order valence-electron chi connectivity index (χ0n) is 26.8. The molecule has 3 aromatic rings. The van der Waals surface area contributed by atoms with E-state index in [1.165, 1.54) is 6.92 Å². The molecular weight excluding hydrogens is 634 g/mol. The van der Waals surface area contributed by atoms with Crippen LogP contribution in [0.4, 0.5) is 9.59 Å². The summed E-state index contributed by atoms with van der Waals surface area (Å²) in [6.45, 7) is 0.799. The number of guanidine groups is 1. The predicted molar refractivity (Wildman–Crippen MR) is 175 cm³/mol. The zero-order valence-corrected chi connectivity index (χ0v) is 26.8. The fourth-order valence-electron chi connectivity index (χ4n) is 4.87. The van der Waals surface area contributed by atoms with Crippen LogP contribution >= 0.6 is 0 Å². The molecule has 1 heterocycles. The number of imide groups is 1. The second kappa shape index (κ2) is 18.3. The average molecular weight is 672 g/mol. The van der Waals surface area contributed by atoms with Gasteiger partial charge in [-0.25, -0.2) is 9.59 Å². The van der Waals surface area contributed by atoms with Crippen LogP contribution in [-0.2, 0) is 53.2 Å². The number of nitrogens with one attached hydrogen (secondary N) is 3. The number of esters is 1. The number of amides is 5. The van der Waals surface area contributed by atoms with Gasteiger partial charge >= 0.3 is 18.2 Å². The van der Waals surface area contributed by atoms with Crippen LogP contribution in [0.5, 0.6) is 0 Å². The van der Waals surface area contributed by atoms with E-state index in [1.807, 2.05) is 18.2 Å². The summed E-state index contributed by atoms with van der Waals surface area (Å²) in [6, 6.07) is 25.8. The number of nitrogens with zero attached hydrogens (tertiary/aromatic N) is 2. The number of ether oxygens (including phenoxy) is 3. The second-order valence-electron chi connectivity index (χ2n) is 10.9. The molecule has 0 unspecified atom stereocenters. The van der Waals surface area contributed by atoms with Crippen molar-refractivity contribution in [1.82, 2.24) is 20.9 Å². The molecule has 14 nitrogen and oxygen atoms in total. The first-order valence-corrected chi connectivity index (χ1v) is 15.5. The molecule has 0 aromatic heterocycles. The highest BCUT2D eigenvalue weighted by Gasteiger charge is 2.52. The highest BCUT2D eigenvalue weighted by molar-refractivity contribution is 6.09. The van der Waals surface area contributed by atoms with E-state index in [9.17, 15) is 28.8 Å². The van der Waals surface area contributed by atoms with E-state index in [2.05, 4.69) is 20.9 Å². The zero-order chi connectivity index (χ0) is 35.0. The fraction of sp³-hybridized carbons (Fsp3) is 0.286. The Kier molecular flexibility index (Phi) is 13.4. The summed E-state index contributed by atoms with van der Waals surface area (Å²) < 4.78 is 15.6. The van der Waals surface area contributed by atoms with Crippen molar-refractivity contribution in [1.29, 1.82) is 0 Å². The summed E-state index contributed by atoms with van der Waals surface area (Å²) in [5.41, 5.74) is 2.27. The molecule has 2 atom stereocenters.